The molecule has 1 aliphatic rings. The number of ether oxygens (including phenoxy) is 1. The van der Waals surface area contributed by atoms with E-state index in [9.17, 15) is 4.79 Å². The molecule has 0 bridgehead atoms. The molecule has 1 unspecified atom stereocenters. The number of hydrogen-bond donors (Lipinski definition) is 0. The summed E-state index contributed by atoms with van der Waals surface area (Å²) in [5.41, 5.74) is 4.37. The van der Waals surface area contributed by atoms with Gasteiger partial charge in [0.1, 0.15) is 5.75 Å². The van der Waals surface area contributed by atoms with E-state index in [1.165, 1.54) is 0 Å². The van der Waals surface area contributed by atoms with Crippen LogP contribution in [0.4, 0.5) is 5.95 Å². The molecule has 1 amide bonds. The Kier molecular flexibility index (Phi) is 6.62. The van der Waals surface area contributed by atoms with Gasteiger partial charge in [0.15, 0.2) is 5.76 Å². The van der Waals surface area contributed by atoms with E-state index in [1.807, 2.05) is 68.9 Å². The Labute approximate surface area is 194 Å². The molecule has 0 radical (unpaired) electrons. The van der Waals surface area contributed by atoms with Gasteiger partial charge in [-0.1, -0.05) is 17.3 Å². The van der Waals surface area contributed by atoms with Crippen molar-refractivity contribution in [2.75, 3.05) is 32.1 Å². The lowest BCUT2D eigenvalue weighted by Gasteiger charge is -2.26. The molecule has 1 fully saturated rings. The van der Waals surface area contributed by atoms with Crippen molar-refractivity contribution >= 4 is 11.9 Å². The van der Waals surface area contributed by atoms with E-state index in [-0.39, 0.29) is 11.9 Å². The molecule has 0 aliphatic carbocycles. The van der Waals surface area contributed by atoms with Gasteiger partial charge in [-0.25, -0.2) is 9.97 Å². The molecule has 0 N–H and O–H groups in total. The van der Waals surface area contributed by atoms with Gasteiger partial charge in [-0.15, -0.1) is 0 Å². The highest BCUT2D eigenvalue weighted by Crippen LogP contribution is 2.38. The third-order valence-electron chi connectivity index (χ3n) is 6.09. The molecule has 1 saturated heterocycles. The fraction of sp³-hybridized carbons (Fsp3) is 0.440. The zero-order chi connectivity index (χ0) is 23.5. The summed E-state index contributed by atoms with van der Waals surface area (Å²) in [5, 5.41) is 4.12. The molecule has 8 heteroatoms. The van der Waals surface area contributed by atoms with Crippen molar-refractivity contribution in [2.24, 2.45) is 0 Å². The van der Waals surface area contributed by atoms with Crippen LogP contribution >= 0.6 is 0 Å². The van der Waals surface area contributed by atoms with Crippen LogP contribution < -0.4 is 9.64 Å². The predicted octanol–water partition coefficient (Wildman–Crippen LogP) is 4.12. The van der Waals surface area contributed by atoms with E-state index in [0.717, 1.165) is 46.7 Å². The van der Waals surface area contributed by atoms with Gasteiger partial charge in [0.05, 0.1) is 36.0 Å². The maximum atomic E-state index is 13.4. The van der Waals surface area contributed by atoms with Crippen molar-refractivity contribution in [3.05, 3.63) is 53.0 Å². The van der Waals surface area contributed by atoms with Gasteiger partial charge in [0.25, 0.3) is 0 Å². The summed E-state index contributed by atoms with van der Waals surface area (Å²) in [5.74, 6) is 2.17. The van der Waals surface area contributed by atoms with Crippen LogP contribution in [0, 0.1) is 13.8 Å². The SMILES string of the molecule is CCOc1ccc(CC(=O)N2CCCC2c2nc(N(C)C)ncc2-c2onc(C)c2C)cc1. The number of benzene rings is 1. The number of hydrogen-bond acceptors (Lipinski definition) is 7. The van der Waals surface area contributed by atoms with Gasteiger partial charge in [-0.05, 0) is 51.3 Å². The lowest BCUT2D eigenvalue weighted by molar-refractivity contribution is -0.131. The number of carbonyl (C=O) groups is 1. The second-order valence-corrected chi connectivity index (χ2v) is 8.58. The highest BCUT2D eigenvalue weighted by atomic mass is 16.5. The topological polar surface area (TPSA) is 84.6 Å². The Balaban J connectivity index is 1.64. The molecule has 0 saturated carbocycles. The second kappa shape index (κ2) is 9.60. The Morgan fingerprint density at radius 2 is 2.00 bits per heavy atom. The first-order chi connectivity index (χ1) is 15.9. The molecule has 1 atom stereocenters. The normalized spacial score (nSPS) is 15.7. The predicted molar refractivity (Wildman–Crippen MR) is 126 cm³/mol. The first kappa shape index (κ1) is 22.8. The average molecular weight is 450 g/mol. The fourth-order valence-corrected chi connectivity index (χ4v) is 4.19. The summed E-state index contributed by atoms with van der Waals surface area (Å²) in [6, 6.07) is 7.59. The molecular weight excluding hydrogens is 418 g/mol. The molecule has 3 aromatic rings. The summed E-state index contributed by atoms with van der Waals surface area (Å²) in [6.45, 7) is 7.17. The van der Waals surface area contributed by atoms with Crippen molar-refractivity contribution in [3.8, 4) is 17.1 Å². The first-order valence-electron chi connectivity index (χ1n) is 11.4. The number of carbonyl (C=O) groups excluding carboxylic acids is 1. The number of aromatic nitrogens is 3. The van der Waals surface area contributed by atoms with Crippen LogP contribution in [0.3, 0.4) is 0 Å². The zero-order valence-corrected chi connectivity index (χ0v) is 20.0. The standard InChI is InChI=1S/C25H31N5O3/c1-6-32-19-11-9-18(10-12-19)14-22(31)30-13-7-8-21(30)23-20(15-26-25(27-23)29(4)5)24-16(2)17(3)28-33-24/h9-12,15,21H,6-8,13-14H2,1-5H3. The average Bonchev–Trinajstić information content (AvgIpc) is 3.42. The second-order valence-electron chi connectivity index (χ2n) is 8.58. The van der Waals surface area contributed by atoms with Crippen LogP contribution in [0.15, 0.2) is 35.0 Å². The molecule has 2 aromatic heterocycles. The third kappa shape index (κ3) is 4.69. The van der Waals surface area contributed by atoms with E-state index >= 15 is 0 Å². The fourth-order valence-electron chi connectivity index (χ4n) is 4.19. The molecule has 33 heavy (non-hydrogen) atoms. The number of anilines is 1. The van der Waals surface area contributed by atoms with Crippen LogP contribution in [0.25, 0.3) is 11.3 Å². The Hall–Kier alpha value is -3.42. The highest BCUT2D eigenvalue weighted by molar-refractivity contribution is 5.80. The molecule has 8 nitrogen and oxygen atoms in total. The smallest absolute Gasteiger partial charge is 0.227 e. The van der Waals surface area contributed by atoms with Crippen LogP contribution in [-0.4, -0.2) is 53.2 Å². The molecule has 3 heterocycles. The zero-order valence-electron chi connectivity index (χ0n) is 20.0. The lowest BCUT2D eigenvalue weighted by Crippen LogP contribution is -2.32. The molecular formula is C25H31N5O3. The summed E-state index contributed by atoms with van der Waals surface area (Å²) in [4.78, 5) is 26.5. The van der Waals surface area contributed by atoms with E-state index in [1.54, 1.807) is 6.20 Å². The molecule has 0 spiro atoms. The summed E-state index contributed by atoms with van der Waals surface area (Å²) in [6.07, 6.45) is 3.90. The molecule has 1 aliphatic heterocycles. The number of amides is 1. The third-order valence-corrected chi connectivity index (χ3v) is 6.09. The number of aryl methyl sites for hydroxylation is 1. The summed E-state index contributed by atoms with van der Waals surface area (Å²) < 4.78 is 11.2. The van der Waals surface area contributed by atoms with E-state index < -0.39 is 0 Å². The van der Waals surface area contributed by atoms with Crippen LogP contribution in [-0.2, 0) is 11.2 Å². The van der Waals surface area contributed by atoms with Crippen LogP contribution in [0.2, 0.25) is 0 Å². The van der Waals surface area contributed by atoms with Crippen LogP contribution in [0.1, 0.15) is 48.3 Å². The van der Waals surface area contributed by atoms with Crippen molar-refractivity contribution in [3.63, 3.8) is 0 Å². The maximum absolute atomic E-state index is 13.4. The van der Waals surface area contributed by atoms with Crippen LogP contribution in [0.5, 0.6) is 5.75 Å². The van der Waals surface area contributed by atoms with Crippen molar-refractivity contribution in [2.45, 2.75) is 46.1 Å². The Bertz CT molecular complexity index is 1120. The van der Waals surface area contributed by atoms with Gasteiger partial charge in [0.2, 0.25) is 11.9 Å². The quantitative estimate of drug-likeness (QED) is 0.536. The first-order valence-corrected chi connectivity index (χ1v) is 11.4. The Morgan fingerprint density at radius 3 is 2.64 bits per heavy atom. The van der Waals surface area contributed by atoms with Gasteiger partial charge < -0.3 is 19.1 Å². The summed E-state index contributed by atoms with van der Waals surface area (Å²) in [7, 11) is 3.82. The minimum atomic E-state index is -0.137. The minimum Gasteiger partial charge on any atom is -0.494 e. The highest BCUT2D eigenvalue weighted by Gasteiger charge is 2.34. The largest absolute Gasteiger partial charge is 0.494 e. The maximum Gasteiger partial charge on any atom is 0.227 e. The van der Waals surface area contributed by atoms with E-state index in [4.69, 9.17) is 14.2 Å². The van der Waals surface area contributed by atoms with Crippen molar-refractivity contribution in [1.29, 1.82) is 0 Å². The van der Waals surface area contributed by atoms with Gasteiger partial charge in [0, 0.05) is 32.4 Å². The van der Waals surface area contributed by atoms with Crippen molar-refractivity contribution in [1.82, 2.24) is 20.0 Å². The Morgan fingerprint density at radius 1 is 1.24 bits per heavy atom. The number of nitrogens with zero attached hydrogens (tertiary/aromatic N) is 5. The number of rotatable bonds is 7. The molecule has 1 aromatic carbocycles. The molecule has 4 rings (SSSR count). The van der Waals surface area contributed by atoms with Crippen molar-refractivity contribution < 1.29 is 14.1 Å². The van der Waals surface area contributed by atoms with E-state index in [0.29, 0.717) is 31.3 Å². The number of likely N-dealkylation sites (tertiary alicyclic amines) is 1. The van der Waals surface area contributed by atoms with Gasteiger partial charge in [-0.2, -0.15) is 0 Å². The molecule has 174 valence electrons. The summed E-state index contributed by atoms with van der Waals surface area (Å²) >= 11 is 0. The lowest BCUT2D eigenvalue weighted by atomic mass is 10.0. The van der Waals surface area contributed by atoms with E-state index in [2.05, 4.69) is 10.1 Å². The minimum absolute atomic E-state index is 0.0862. The monoisotopic (exact) mass is 449 g/mol. The van der Waals surface area contributed by atoms with Gasteiger partial charge in [-0.3, -0.25) is 4.79 Å². The van der Waals surface area contributed by atoms with Gasteiger partial charge >= 0.3 is 0 Å².